The topological polar surface area (TPSA) is 50.3 Å². The molecule has 0 atom stereocenters. The Labute approximate surface area is 120 Å². The maximum atomic E-state index is 12.6. The summed E-state index contributed by atoms with van der Waals surface area (Å²) in [6, 6.07) is 10.6. The Kier molecular flexibility index (Phi) is 4.52. The van der Waals surface area contributed by atoms with Gasteiger partial charge in [-0.05, 0) is 42.3 Å². The van der Waals surface area contributed by atoms with Crippen LogP contribution in [0.2, 0.25) is 0 Å². The summed E-state index contributed by atoms with van der Waals surface area (Å²) in [6.45, 7) is 4.51. The van der Waals surface area contributed by atoms with Crippen LogP contribution in [-0.2, 0) is 16.6 Å². The maximum Gasteiger partial charge on any atom is 0.243 e. The fourth-order valence-electron chi connectivity index (χ4n) is 1.98. The van der Waals surface area contributed by atoms with Crippen molar-refractivity contribution in [2.45, 2.75) is 25.3 Å². The third-order valence-electron chi connectivity index (χ3n) is 3.09. The molecule has 0 unspecified atom stereocenters. The van der Waals surface area contributed by atoms with Gasteiger partial charge in [-0.1, -0.05) is 19.1 Å². The summed E-state index contributed by atoms with van der Waals surface area (Å²) in [6.07, 6.45) is 3.34. The Morgan fingerprint density at radius 2 is 1.85 bits per heavy atom. The zero-order chi connectivity index (χ0) is 14.6. The molecule has 0 saturated heterocycles. The van der Waals surface area contributed by atoms with E-state index < -0.39 is 10.0 Å². The highest BCUT2D eigenvalue weighted by atomic mass is 32.2. The van der Waals surface area contributed by atoms with Crippen LogP contribution in [0.15, 0.2) is 53.7 Å². The number of sulfonamides is 1. The molecule has 20 heavy (non-hydrogen) atoms. The highest BCUT2D eigenvalue weighted by Gasteiger charge is 2.23. The lowest BCUT2D eigenvalue weighted by Gasteiger charge is -2.20. The van der Waals surface area contributed by atoms with Crippen molar-refractivity contribution in [3.63, 3.8) is 0 Å². The van der Waals surface area contributed by atoms with E-state index in [2.05, 4.69) is 4.98 Å². The van der Waals surface area contributed by atoms with Crippen molar-refractivity contribution in [1.29, 1.82) is 0 Å². The van der Waals surface area contributed by atoms with Gasteiger partial charge in [0.25, 0.3) is 0 Å². The van der Waals surface area contributed by atoms with Crippen LogP contribution in [0.3, 0.4) is 0 Å². The highest BCUT2D eigenvalue weighted by molar-refractivity contribution is 7.89. The van der Waals surface area contributed by atoms with E-state index in [1.54, 1.807) is 30.6 Å². The second-order valence-corrected chi connectivity index (χ2v) is 6.54. The second kappa shape index (κ2) is 6.15. The minimum Gasteiger partial charge on any atom is -0.265 e. The van der Waals surface area contributed by atoms with Crippen molar-refractivity contribution in [1.82, 2.24) is 9.29 Å². The number of aryl methyl sites for hydroxylation is 1. The fraction of sp³-hybridized carbons (Fsp3) is 0.267. The zero-order valence-corrected chi connectivity index (χ0v) is 12.5. The molecule has 0 radical (unpaired) electrons. The lowest BCUT2D eigenvalue weighted by atomic mass is 10.2. The average molecular weight is 290 g/mol. The van der Waals surface area contributed by atoms with Crippen LogP contribution in [0.1, 0.15) is 18.1 Å². The van der Waals surface area contributed by atoms with E-state index in [9.17, 15) is 8.42 Å². The SMILES string of the molecule is CCN(Cc1ccncc1)S(=O)(=O)c1cccc(C)c1. The summed E-state index contributed by atoms with van der Waals surface area (Å²) in [7, 11) is -3.46. The van der Waals surface area contributed by atoms with Gasteiger partial charge < -0.3 is 0 Å². The van der Waals surface area contributed by atoms with E-state index in [1.165, 1.54) is 4.31 Å². The van der Waals surface area contributed by atoms with Crippen LogP contribution in [-0.4, -0.2) is 24.3 Å². The zero-order valence-electron chi connectivity index (χ0n) is 11.7. The number of benzene rings is 1. The third kappa shape index (κ3) is 3.23. The summed E-state index contributed by atoms with van der Waals surface area (Å²) < 4.78 is 26.7. The minimum absolute atomic E-state index is 0.341. The van der Waals surface area contributed by atoms with Gasteiger partial charge in [0.2, 0.25) is 10.0 Å². The van der Waals surface area contributed by atoms with Gasteiger partial charge >= 0.3 is 0 Å². The van der Waals surface area contributed by atoms with E-state index in [0.717, 1.165) is 11.1 Å². The molecule has 1 aromatic carbocycles. The molecule has 0 spiro atoms. The first-order valence-corrected chi connectivity index (χ1v) is 7.93. The molecular weight excluding hydrogens is 272 g/mol. The molecule has 0 fully saturated rings. The van der Waals surface area contributed by atoms with Crippen LogP contribution >= 0.6 is 0 Å². The Balaban J connectivity index is 2.31. The van der Waals surface area contributed by atoms with Crippen molar-refractivity contribution >= 4 is 10.0 Å². The molecule has 0 aliphatic carbocycles. The lowest BCUT2D eigenvalue weighted by molar-refractivity contribution is 0.423. The first kappa shape index (κ1) is 14.7. The predicted molar refractivity (Wildman–Crippen MR) is 78.7 cm³/mol. The second-order valence-electron chi connectivity index (χ2n) is 4.60. The lowest BCUT2D eigenvalue weighted by Crippen LogP contribution is -2.30. The Morgan fingerprint density at radius 3 is 2.45 bits per heavy atom. The maximum absolute atomic E-state index is 12.6. The number of rotatable bonds is 5. The monoisotopic (exact) mass is 290 g/mol. The van der Waals surface area contributed by atoms with Crippen molar-refractivity contribution in [3.05, 3.63) is 59.9 Å². The van der Waals surface area contributed by atoms with E-state index in [-0.39, 0.29) is 0 Å². The standard InChI is InChI=1S/C15H18N2O2S/c1-3-17(12-14-7-9-16-10-8-14)20(18,19)15-6-4-5-13(2)11-15/h4-11H,3,12H2,1-2H3. The molecule has 2 aromatic rings. The van der Waals surface area contributed by atoms with Crippen molar-refractivity contribution in [3.8, 4) is 0 Å². The summed E-state index contributed by atoms with van der Waals surface area (Å²) in [4.78, 5) is 4.28. The van der Waals surface area contributed by atoms with Crippen LogP contribution in [0, 0.1) is 6.92 Å². The first-order chi connectivity index (χ1) is 9.54. The minimum atomic E-state index is -3.46. The van der Waals surface area contributed by atoms with Crippen LogP contribution in [0.5, 0.6) is 0 Å². The molecule has 0 bridgehead atoms. The van der Waals surface area contributed by atoms with Gasteiger partial charge in [-0.25, -0.2) is 8.42 Å². The van der Waals surface area contributed by atoms with E-state index in [1.807, 2.05) is 32.0 Å². The molecule has 0 saturated carbocycles. The molecule has 1 heterocycles. The molecule has 0 aliphatic rings. The van der Waals surface area contributed by atoms with E-state index in [4.69, 9.17) is 0 Å². The number of pyridine rings is 1. The average Bonchev–Trinajstić information content (AvgIpc) is 2.45. The van der Waals surface area contributed by atoms with E-state index >= 15 is 0 Å². The van der Waals surface area contributed by atoms with Gasteiger partial charge in [-0.2, -0.15) is 4.31 Å². The van der Waals surface area contributed by atoms with Crippen molar-refractivity contribution in [2.24, 2.45) is 0 Å². The Bertz CT molecular complexity index is 669. The van der Waals surface area contributed by atoms with E-state index in [0.29, 0.717) is 18.0 Å². The van der Waals surface area contributed by atoms with Crippen LogP contribution in [0.25, 0.3) is 0 Å². The highest BCUT2D eigenvalue weighted by Crippen LogP contribution is 2.18. The van der Waals surface area contributed by atoms with Crippen LogP contribution < -0.4 is 0 Å². The number of aromatic nitrogens is 1. The summed E-state index contributed by atoms with van der Waals surface area (Å²) >= 11 is 0. The molecular formula is C15H18N2O2S. The van der Waals surface area contributed by atoms with Gasteiger partial charge in [-0.15, -0.1) is 0 Å². The van der Waals surface area contributed by atoms with Gasteiger partial charge in [0.05, 0.1) is 4.90 Å². The number of hydrogen-bond donors (Lipinski definition) is 0. The van der Waals surface area contributed by atoms with Gasteiger partial charge in [0.15, 0.2) is 0 Å². The molecule has 0 amide bonds. The quantitative estimate of drug-likeness (QED) is 0.850. The third-order valence-corrected chi connectivity index (χ3v) is 5.01. The van der Waals surface area contributed by atoms with Gasteiger partial charge in [-0.3, -0.25) is 4.98 Å². The summed E-state index contributed by atoms with van der Waals surface area (Å²) in [5.41, 5.74) is 1.86. The smallest absolute Gasteiger partial charge is 0.243 e. The molecule has 1 aromatic heterocycles. The van der Waals surface area contributed by atoms with Gasteiger partial charge in [0.1, 0.15) is 0 Å². The Morgan fingerprint density at radius 1 is 1.15 bits per heavy atom. The number of nitrogens with zero attached hydrogens (tertiary/aromatic N) is 2. The molecule has 2 rings (SSSR count). The molecule has 106 valence electrons. The molecule has 0 aliphatic heterocycles. The molecule has 0 N–H and O–H groups in total. The summed E-state index contributed by atoms with van der Waals surface area (Å²) in [5, 5.41) is 0. The Hall–Kier alpha value is -1.72. The predicted octanol–water partition coefficient (Wildman–Crippen LogP) is 2.60. The van der Waals surface area contributed by atoms with Gasteiger partial charge in [0, 0.05) is 25.5 Å². The normalized spacial score (nSPS) is 11.8. The van der Waals surface area contributed by atoms with Crippen LogP contribution in [0.4, 0.5) is 0 Å². The molecule has 5 heteroatoms. The summed E-state index contributed by atoms with van der Waals surface area (Å²) in [5.74, 6) is 0. The largest absolute Gasteiger partial charge is 0.265 e. The molecule has 4 nitrogen and oxygen atoms in total. The first-order valence-electron chi connectivity index (χ1n) is 6.49. The number of hydrogen-bond acceptors (Lipinski definition) is 3. The fourth-order valence-corrected chi connectivity index (χ4v) is 3.53. The van der Waals surface area contributed by atoms with Crippen molar-refractivity contribution in [2.75, 3.05) is 6.54 Å². The van der Waals surface area contributed by atoms with Crippen molar-refractivity contribution < 1.29 is 8.42 Å².